The van der Waals surface area contributed by atoms with Crippen LogP contribution < -0.4 is 9.80 Å². The number of anilines is 2. The molecule has 9 nitrogen and oxygen atoms in total. The van der Waals surface area contributed by atoms with E-state index in [1.54, 1.807) is 6.92 Å². The van der Waals surface area contributed by atoms with E-state index in [0.29, 0.717) is 18.2 Å². The number of alkyl halides is 9. The zero-order valence-electron chi connectivity index (χ0n) is 22.0. The first-order valence-corrected chi connectivity index (χ1v) is 12.2. The van der Waals surface area contributed by atoms with Crippen LogP contribution in [0.15, 0.2) is 30.3 Å². The van der Waals surface area contributed by atoms with Gasteiger partial charge < -0.3 is 9.64 Å². The van der Waals surface area contributed by atoms with Gasteiger partial charge in [0, 0.05) is 12.6 Å². The number of ether oxygens (including phenoxy) is 1. The normalized spacial score (nSPS) is 17.7. The minimum absolute atomic E-state index is 0.0389. The summed E-state index contributed by atoms with van der Waals surface area (Å²) in [5.74, 6) is -0.306. The summed E-state index contributed by atoms with van der Waals surface area (Å²) >= 11 is 0. The summed E-state index contributed by atoms with van der Waals surface area (Å²) in [6, 6.07) is 0.645. The highest BCUT2D eigenvalue weighted by Gasteiger charge is 2.43. The van der Waals surface area contributed by atoms with E-state index in [2.05, 4.69) is 20.4 Å². The highest BCUT2D eigenvalue weighted by atomic mass is 19.4. The monoisotopic (exact) mass is 611 g/mol. The van der Waals surface area contributed by atoms with Crippen molar-refractivity contribution in [3.8, 4) is 0 Å². The van der Waals surface area contributed by atoms with Gasteiger partial charge in [-0.3, -0.25) is 4.90 Å². The largest absolute Gasteiger partial charge is 0.452 e. The Morgan fingerprint density at radius 3 is 2.10 bits per heavy atom. The number of carbonyl (C=O) groups excluding carboxylic acids is 1. The molecular formula is C24H22F9N7O2. The van der Waals surface area contributed by atoms with Gasteiger partial charge in [0.1, 0.15) is 5.69 Å². The number of hydrogen-bond acceptors (Lipinski definition) is 7. The first-order chi connectivity index (χ1) is 19.4. The molecule has 42 heavy (non-hydrogen) atoms. The summed E-state index contributed by atoms with van der Waals surface area (Å²) < 4.78 is 127. The second-order valence-electron chi connectivity index (χ2n) is 9.37. The number of fused-ring (bicyclic) bond motifs is 1. The Morgan fingerprint density at radius 1 is 1.00 bits per heavy atom. The van der Waals surface area contributed by atoms with Crippen LogP contribution >= 0.6 is 0 Å². The molecule has 1 aliphatic heterocycles. The van der Waals surface area contributed by atoms with Gasteiger partial charge in [0.15, 0.2) is 0 Å². The minimum Gasteiger partial charge on any atom is -0.452 e. The van der Waals surface area contributed by atoms with Crippen LogP contribution in [0.2, 0.25) is 0 Å². The lowest BCUT2D eigenvalue weighted by Gasteiger charge is -2.42. The van der Waals surface area contributed by atoms with Crippen molar-refractivity contribution in [2.75, 3.05) is 16.9 Å². The minimum atomic E-state index is -5.14. The molecule has 0 bridgehead atoms. The number of hydrogen-bond donors (Lipinski definition) is 0. The first-order valence-electron chi connectivity index (χ1n) is 12.2. The number of tetrazole rings is 1. The molecule has 228 valence electrons. The Bertz CT molecular complexity index is 1420. The van der Waals surface area contributed by atoms with Gasteiger partial charge in [-0.2, -0.15) is 44.3 Å². The standard InChI is InChI=1S/C24H22F9N7O2/c1-4-15-10-17(19-16(40(15)21(41)42-3)5-6-18(34-19)24(31,32)33)39(20-35-37-38(2)36-20)11-12-7-13(22(25,26)27)9-14(8-12)23(28,29)30/h5-9,15,17H,4,10-11H2,1-3H3/t15-,17+/m1/s1. The Balaban J connectivity index is 1.94. The van der Waals surface area contributed by atoms with Gasteiger partial charge in [-0.1, -0.05) is 12.0 Å². The molecule has 18 heteroatoms. The predicted molar refractivity (Wildman–Crippen MR) is 127 cm³/mol. The molecule has 0 radical (unpaired) electrons. The van der Waals surface area contributed by atoms with E-state index in [4.69, 9.17) is 4.74 Å². The van der Waals surface area contributed by atoms with E-state index in [1.165, 1.54) is 7.05 Å². The molecule has 1 aromatic carbocycles. The lowest BCUT2D eigenvalue weighted by atomic mass is 9.91. The van der Waals surface area contributed by atoms with Crippen LogP contribution in [-0.2, 0) is 36.9 Å². The van der Waals surface area contributed by atoms with Crippen LogP contribution in [0.3, 0.4) is 0 Å². The Morgan fingerprint density at radius 2 is 1.62 bits per heavy atom. The van der Waals surface area contributed by atoms with Crippen LogP contribution in [0.1, 0.15) is 53.9 Å². The number of benzene rings is 1. The topological polar surface area (TPSA) is 89.3 Å². The molecule has 1 aliphatic rings. The number of aryl methyl sites for hydroxylation is 1. The van der Waals surface area contributed by atoms with E-state index >= 15 is 0 Å². The summed E-state index contributed by atoms with van der Waals surface area (Å²) in [5.41, 5.74) is -5.41. The van der Waals surface area contributed by atoms with Crippen molar-refractivity contribution < 1.29 is 49.0 Å². The van der Waals surface area contributed by atoms with Crippen LogP contribution in [0.25, 0.3) is 0 Å². The number of methoxy groups -OCH3 is 1. The fourth-order valence-corrected chi connectivity index (χ4v) is 4.73. The van der Waals surface area contributed by atoms with Gasteiger partial charge in [0.05, 0.1) is 42.7 Å². The van der Waals surface area contributed by atoms with Crippen LogP contribution in [0.5, 0.6) is 0 Å². The smallest absolute Gasteiger partial charge is 0.433 e. The average Bonchev–Trinajstić information content (AvgIpc) is 3.34. The Kier molecular flexibility index (Phi) is 8.03. The van der Waals surface area contributed by atoms with Crippen LogP contribution in [0.4, 0.5) is 55.9 Å². The lowest BCUT2D eigenvalue weighted by molar-refractivity contribution is -0.143. The molecule has 1 amide bonds. The number of carbonyl (C=O) groups is 1. The summed E-state index contributed by atoms with van der Waals surface area (Å²) in [6.07, 6.45) is -16.0. The first kappa shape index (κ1) is 30.8. The van der Waals surface area contributed by atoms with E-state index < -0.39 is 65.6 Å². The molecule has 4 rings (SSSR count). The maximum atomic E-state index is 13.7. The highest BCUT2D eigenvalue weighted by molar-refractivity contribution is 5.90. The quantitative estimate of drug-likeness (QED) is 0.319. The van der Waals surface area contributed by atoms with E-state index in [9.17, 15) is 44.3 Å². The van der Waals surface area contributed by atoms with Crippen molar-refractivity contribution in [2.45, 2.75) is 56.9 Å². The fraction of sp³-hybridized carbons (Fsp3) is 0.458. The van der Waals surface area contributed by atoms with Gasteiger partial charge in [0.2, 0.25) is 0 Å². The molecule has 0 N–H and O–H groups in total. The maximum absolute atomic E-state index is 13.7. The number of rotatable bonds is 5. The second-order valence-corrected chi connectivity index (χ2v) is 9.37. The molecule has 3 heterocycles. The van der Waals surface area contributed by atoms with E-state index in [-0.39, 0.29) is 36.2 Å². The average molecular weight is 611 g/mol. The number of halogens is 9. The zero-order chi connectivity index (χ0) is 31.2. The van der Waals surface area contributed by atoms with Crippen LogP contribution in [0, 0.1) is 0 Å². The van der Waals surface area contributed by atoms with Crippen LogP contribution in [-0.4, -0.2) is 44.4 Å². The van der Waals surface area contributed by atoms with Gasteiger partial charge in [-0.15, -0.1) is 5.10 Å². The van der Waals surface area contributed by atoms with Gasteiger partial charge in [-0.05, 0) is 54.0 Å². The fourth-order valence-electron chi connectivity index (χ4n) is 4.73. The molecule has 0 saturated carbocycles. The maximum Gasteiger partial charge on any atom is 0.433 e. The predicted octanol–water partition coefficient (Wildman–Crippen LogP) is 6.16. The van der Waals surface area contributed by atoms with Gasteiger partial charge in [0.25, 0.3) is 5.95 Å². The molecule has 0 fully saturated rings. The van der Waals surface area contributed by atoms with E-state index in [0.717, 1.165) is 27.8 Å². The summed E-state index contributed by atoms with van der Waals surface area (Å²) in [7, 11) is 2.41. The highest BCUT2D eigenvalue weighted by Crippen LogP contribution is 2.44. The Hall–Kier alpha value is -4.12. The third kappa shape index (κ3) is 6.20. The van der Waals surface area contributed by atoms with Crippen molar-refractivity contribution in [1.29, 1.82) is 0 Å². The lowest BCUT2D eigenvalue weighted by Crippen LogP contribution is -2.48. The number of pyridine rings is 1. The van der Waals surface area contributed by atoms with Crippen molar-refractivity contribution in [1.82, 2.24) is 25.2 Å². The molecular weight excluding hydrogens is 589 g/mol. The van der Waals surface area contributed by atoms with Gasteiger partial charge >= 0.3 is 24.6 Å². The van der Waals surface area contributed by atoms with Crippen molar-refractivity contribution in [2.24, 2.45) is 7.05 Å². The summed E-state index contributed by atoms with van der Waals surface area (Å²) in [5, 5.41) is 11.5. The Labute approximate surface area is 231 Å². The number of nitrogens with zero attached hydrogens (tertiary/aromatic N) is 7. The molecule has 3 aromatic rings. The van der Waals surface area contributed by atoms with Crippen molar-refractivity contribution in [3.05, 3.63) is 58.4 Å². The SMILES string of the molecule is CC[C@@H]1C[C@H](N(Cc2cc(C(F)(F)F)cc(C(F)(F)F)c2)c2nnn(C)n2)c2nc(C(F)(F)F)ccc2N1C(=O)OC. The summed E-state index contributed by atoms with van der Waals surface area (Å²) in [4.78, 5) is 19.6. The molecule has 0 unspecified atom stereocenters. The molecule has 0 saturated heterocycles. The third-order valence-corrected chi connectivity index (χ3v) is 6.60. The molecule has 2 atom stereocenters. The summed E-state index contributed by atoms with van der Waals surface area (Å²) in [6.45, 7) is 0.961. The molecule has 0 spiro atoms. The van der Waals surface area contributed by atoms with Crippen molar-refractivity contribution in [3.63, 3.8) is 0 Å². The number of aromatic nitrogens is 5. The molecule has 0 aliphatic carbocycles. The second kappa shape index (κ2) is 10.9. The third-order valence-electron chi connectivity index (χ3n) is 6.60. The van der Waals surface area contributed by atoms with E-state index in [1.807, 2.05) is 0 Å². The number of amides is 1. The van der Waals surface area contributed by atoms with Crippen molar-refractivity contribution >= 4 is 17.7 Å². The van der Waals surface area contributed by atoms with Gasteiger partial charge in [-0.25, -0.2) is 9.78 Å². The molecule has 2 aromatic heterocycles. The zero-order valence-corrected chi connectivity index (χ0v) is 22.0.